The summed E-state index contributed by atoms with van der Waals surface area (Å²) in [7, 11) is 3.12. The number of halogens is 1. The highest BCUT2D eigenvalue weighted by Gasteiger charge is 2.27. The van der Waals surface area contributed by atoms with E-state index in [2.05, 4.69) is 0 Å². The van der Waals surface area contributed by atoms with Crippen LogP contribution in [0, 0.1) is 5.82 Å². The monoisotopic (exact) mass is 269 g/mol. The van der Waals surface area contributed by atoms with Crippen molar-refractivity contribution < 1.29 is 19.0 Å². The van der Waals surface area contributed by atoms with Crippen LogP contribution in [-0.2, 0) is 11.2 Å². The first-order chi connectivity index (χ1) is 8.75. The Morgan fingerprint density at radius 1 is 1.47 bits per heavy atom. The quantitative estimate of drug-likeness (QED) is 0.883. The van der Waals surface area contributed by atoms with Gasteiger partial charge in [-0.15, -0.1) is 0 Å². The maximum absolute atomic E-state index is 13.2. The molecule has 0 aliphatic heterocycles. The summed E-state index contributed by atoms with van der Waals surface area (Å²) in [4.78, 5) is 13.2. The minimum Gasteiger partial charge on any atom is -0.496 e. The molecule has 1 aromatic carbocycles. The van der Waals surface area contributed by atoms with Crippen molar-refractivity contribution in [2.45, 2.75) is 25.9 Å². The maximum atomic E-state index is 13.2. The van der Waals surface area contributed by atoms with Gasteiger partial charge in [0.25, 0.3) is 5.91 Å². The Kier molecular flexibility index (Phi) is 4.89. The Bertz CT molecular complexity index is 454. The number of benzene rings is 1. The molecule has 0 heterocycles. The summed E-state index contributed by atoms with van der Waals surface area (Å²) in [6.07, 6.45) is 0.458. The van der Waals surface area contributed by atoms with Gasteiger partial charge in [0.2, 0.25) is 0 Å². The van der Waals surface area contributed by atoms with Crippen molar-refractivity contribution in [3.05, 3.63) is 29.6 Å². The Hall–Kier alpha value is -1.62. The van der Waals surface area contributed by atoms with Gasteiger partial charge in [-0.05, 0) is 44.0 Å². The van der Waals surface area contributed by atoms with Gasteiger partial charge in [-0.3, -0.25) is 4.79 Å². The zero-order valence-electron chi connectivity index (χ0n) is 11.7. The molecule has 0 radical (unpaired) electrons. The number of aliphatic hydroxyl groups is 1. The van der Waals surface area contributed by atoms with Gasteiger partial charge in [0, 0.05) is 13.6 Å². The molecule has 106 valence electrons. The minimum absolute atomic E-state index is 0.340. The number of carbonyl (C=O) groups is 1. The molecule has 1 rings (SSSR count). The average molecular weight is 269 g/mol. The van der Waals surface area contributed by atoms with Crippen molar-refractivity contribution in [1.82, 2.24) is 4.90 Å². The molecule has 0 saturated heterocycles. The number of methoxy groups -OCH3 is 1. The van der Waals surface area contributed by atoms with E-state index in [9.17, 15) is 14.3 Å². The van der Waals surface area contributed by atoms with E-state index in [0.29, 0.717) is 24.3 Å². The molecule has 0 aliphatic carbocycles. The van der Waals surface area contributed by atoms with Crippen molar-refractivity contribution >= 4 is 5.91 Å². The molecular formula is C14H20FNO3. The molecule has 0 spiro atoms. The van der Waals surface area contributed by atoms with E-state index in [-0.39, 0.29) is 11.7 Å². The van der Waals surface area contributed by atoms with Crippen molar-refractivity contribution in [2.24, 2.45) is 0 Å². The van der Waals surface area contributed by atoms with Crippen LogP contribution in [0.4, 0.5) is 4.39 Å². The fourth-order valence-corrected chi connectivity index (χ4v) is 1.80. The molecule has 1 amide bonds. The van der Waals surface area contributed by atoms with Crippen LogP contribution in [-0.4, -0.2) is 42.2 Å². The predicted octanol–water partition coefficient (Wildman–Crippen LogP) is 1.61. The van der Waals surface area contributed by atoms with E-state index in [0.717, 1.165) is 0 Å². The Balaban J connectivity index is 2.72. The molecule has 0 fully saturated rings. The van der Waals surface area contributed by atoms with Gasteiger partial charge >= 0.3 is 0 Å². The Morgan fingerprint density at radius 2 is 2.11 bits per heavy atom. The zero-order chi connectivity index (χ0) is 14.6. The first kappa shape index (κ1) is 15.4. The summed E-state index contributed by atoms with van der Waals surface area (Å²) in [6, 6.07) is 4.28. The second kappa shape index (κ2) is 6.02. The lowest BCUT2D eigenvalue weighted by Gasteiger charge is -2.25. The first-order valence-electron chi connectivity index (χ1n) is 6.06. The van der Waals surface area contributed by atoms with Crippen LogP contribution in [0.15, 0.2) is 18.2 Å². The lowest BCUT2D eigenvalue weighted by atomic mass is 10.1. The lowest BCUT2D eigenvalue weighted by molar-refractivity contribution is -0.146. The smallest absolute Gasteiger partial charge is 0.253 e. The molecule has 0 bridgehead atoms. The van der Waals surface area contributed by atoms with Gasteiger partial charge in [0.15, 0.2) is 0 Å². The molecule has 0 saturated carbocycles. The van der Waals surface area contributed by atoms with E-state index in [1.807, 2.05) is 0 Å². The second-order valence-corrected chi connectivity index (χ2v) is 4.99. The molecule has 0 aromatic heterocycles. The van der Waals surface area contributed by atoms with E-state index in [1.165, 1.54) is 38.0 Å². The minimum atomic E-state index is -1.40. The number of nitrogens with zero attached hydrogens (tertiary/aromatic N) is 1. The number of ether oxygens (including phenoxy) is 1. The van der Waals surface area contributed by atoms with Crippen LogP contribution in [0.2, 0.25) is 0 Å². The normalized spacial score (nSPS) is 11.3. The third-order valence-corrected chi connectivity index (χ3v) is 2.83. The standard InChI is InChI=1S/C14H20FNO3/c1-14(2,18)13(17)16(3)8-7-10-9-11(15)5-6-12(10)19-4/h5-6,9,18H,7-8H2,1-4H3. The molecule has 1 aromatic rings. The third kappa shape index (κ3) is 4.21. The van der Waals surface area contributed by atoms with Crippen molar-refractivity contribution in [2.75, 3.05) is 20.7 Å². The summed E-state index contributed by atoms with van der Waals surface area (Å²) >= 11 is 0. The van der Waals surface area contributed by atoms with Gasteiger partial charge in [-0.1, -0.05) is 0 Å². The number of hydrogen-bond acceptors (Lipinski definition) is 3. The largest absolute Gasteiger partial charge is 0.496 e. The summed E-state index contributed by atoms with van der Waals surface area (Å²) in [5.74, 6) is -0.124. The first-order valence-corrected chi connectivity index (χ1v) is 6.06. The van der Waals surface area contributed by atoms with Crippen LogP contribution < -0.4 is 4.74 Å². The van der Waals surface area contributed by atoms with Crippen LogP contribution in [0.1, 0.15) is 19.4 Å². The molecule has 19 heavy (non-hydrogen) atoms. The van der Waals surface area contributed by atoms with E-state index < -0.39 is 5.60 Å². The lowest BCUT2D eigenvalue weighted by Crippen LogP contribution is -2.43. The van der Waals surface area contributed by atoms with Gasteiger partial charge in [0.1, 0.15) is 17.2 Å². The molecule has 1 N–H and O–H groups in total. The Labute approximate surface area is 112 Å². The molecular weight excluding hydrogens is 249 g/mol. The number of rotatable bonds is 5. The van der Waals surface area contributed by atoms with Crippen molar-refractivity contribution in [1.29, 1.82) is 0 Å². The highest BCUT2D eigenvalue weighted by Crippen LogP contribution is 2.20. The number of amides is 1. The number of hydrogen-bond donors (Lipinski definition) is 1. The van der Waals surface area contributed by atoms with Gasteiger partial charge in [0.05, 0.1) is 7.11 Å². The summed E-state index contributed by atoms with van der Waals surface area (Å²) in [5.41, 5.74) is -0.710. The van der Waals surface area contributed by atoms with E-state index in [1.54, 1.807) is 13.1 Å². The predicted molar refractivity (Wildman–Crippen MR) is 70.6 cm³/mol. The third-order valence-electron chi connectivity index (χ3n) is 2.83. The summed E-state index contributed by atoms with van der Waals surface area (Å²) < 4.78 is 18.3. The van der Waals surface area contributed by atoms with Gasteiger partial charge in [-0.25, -0.2) is 4.39 Å². The SMILES string of the molecule is COc1ccc(F)cc1CCN(C)C(=O)C(C)(C)O. The maximum Gasteiger partial charge on any atom is 0.253 e. The van der Waals surface area contributed by atoms with Gasteiger partial charge in [-0.2, -0.15) is 0 Å². The van der Waals surface area contributed by atoms with Gasteiger partial charge < -0.3 is 14.7 Å². The topological polar surface area (TPSA) is 49.8 Å². The van der Waals surface area contributed by atoms with E-state index >= 15 is 0 Å². The molecule has 5 heteroatoms. The van der Waals surface area contributed by atoms with Crippen LogP contribution in [0.25, 0.3) is 0 Å². The highest BCUT2D eigenvalue weighted by atomic mass is 19.1. The summed E-state index contributed by atoms with van der Waals surface area (Å²) in [6.45, 7) is 3.26. The van der Waals surface area contributed by atoms with Crippen LogP contribution >= 0.6 is 0 Å². The van der Waals surface area contributed by atoms with Crippen molar-refractivity contribution in [3.63, 3.8) is 0 Å². The molecule has 4 nitrogen and oxygen atoms in total. The average Bonchev–Trinajstić information content (AvgIpc) is 2.34. The zero-order valence-corrected chi connectivity index (χ0v) is 11.7. The van der Waals surface area contributed by atoms with Crippen LogP contribution in [0.3, 0.4) is 0 Å². The highest BCUT2D eigenvalue weighted by molar-refractivity contribution is 5.83. The molecule has 0 aliphatic rings. The summed E-state index contributed by atoms with van der Waals surface area (Å²) in [5, 5.41) is 9.62. The fraction of sp³-hybridized carbons (Fsp3) is 0.500. The van der Waals surface area contributed by atoms with E-state index in [4.69, 9.17) is 4.74 Å². The number of carbonyl (C=O) groups excluding carboxylic acids is 1. The molecule has 0 atom stereocenters. The second-order valence-electron chi connectivity index (χ2n) is 4.99. The van der Waals surface area contributed by atoms with Crippen LogP contribution in [0.5, 0.6) is 5.75 Å². The number of likely N-dealkylation sites (N-methyl/N-ethyl adjacent to an activating group) is 1. The van der Waals surface area contributed by atoms with Crippen molar-refractivity contribution in [3.8, 4) is 5.75 Å². The Morgan fingerprint density at radius 3 is 2.63 bits per heavy atom. The molecule has 0 unspecified atom stereocenters. The fourth-order valence-electron chi connectivity index (χ4n) is 1.80.